The number of aldehydes is 1. The lowest BCUT2D eigenvalue weighted by Crippen LogP contribution is -2.39. The maximum Gasteiger partial charge on any atom is 0.163 e. The number of hydrogen-bond acceptors (Lipinski definition) is 6. The molecule has 2 fully saturated rings. The first-order chi connectivity index (χ1) is 15.4. The fourth-order valence-electron chi connectivity index (χ4n) is 5.01. The minimum atomic E-state index is -1.17. The Morgan fingerprint density at radius 3 is 2.56 bits per heavy atom. The van der Waals surface area contributed by atoms with E-state index in [2.05, 4.69) is 24.3 Å². The number of aliphatic hydroxyl groups excluding tert-OH is 2. The second kappa shape index (κ2) is 9.22. The largest absolute Gasteiger partial charge is 0.493 e. The van der Waals surface area contributed by atoms with Crippen LogP contribution in [0.3, 0.4) is 0 Å². The Morgan fingerprint density at radius 2 is 1.91 bits per heavy atom. The lowest BCUT2D eigenvalue weighted by Gasteiger charge is -2.34. The molecular formula is C26H33NO5. The van der Waals surface area contributed by atoms with E-state index in [9.17, 15) is 15.0 Å². The second-order valence-corrected chi connectivity index (χ2v) is 9.45. The second-order valence-electron chi connectivity index (χ2n) is 9.45. The Balaban J connectivity index is 1.51. The van der Waals surface area contributed by atoms with Gasteiger partial charge in [-0.25, -0.2) is 0 Å². The normalized spacial score (nSPS) is 29.3. The average Bonchev–Trinajstić information content (AvgIpc) is 3.50. The van der Waals surface area contributed by atoms with E-state index in [-0.39, 0.29) is 5.92 Å². The minimum Gasteiger partial charge on any atom is -0.493 e. The average molecular weight is 440 g/mol. The standard InChI is InChI=1S/C26H33NO5/c1-17(29)26(2)16-27(25(30)14-28)13-22(26)19-9-10-23(31-3)24(12-19)32-15-20-11-21(20)18-7-5-4-6-8-18/h4-10,12,14,17,20-22,25,29-30H,11,13,15-16H2,1-3H3/t17-,20+,21+,22+,25?,26+/m1/s1. The van der Waals surface area contributed by atoms with Crippen LogP contribution in [0, 0.1) is 11.3 Å². The molecule has 4 rings (SSSR count). The molecule has 0 spiro atoms. The van der Waals surface area contributed by atoms with Crippen LogP contribution in [0.15, 0.2) is 48.5 Å². The maximum atomic E-state index is 11.1. The van der Waals surface area contributed by atoms with Crippen LogP contribution in [0.1, 0.15) is 43.2 Å². The molecule has 2 aliphatic rings. The molecule has 2 aromatic carbocycles. The zero-order valence-electron chi connectivity index (χ0n) is 19.0. The Bertz CT molecular complexity index is 933. The summed E-state index contributed by atoms with van der Waals surface area (Å²) in [6, 6.07) is 16.4. The van der Waals surface area contributed by atoms with E-state index in [1.54, 1.807) is 18.9 Å². The van der Waals surface area contributed by atoms with E-state index in [0.717, 1.165) is 12.0 Å². The molecule has 0 aromatic heterocycles. The highest BCUT2D eigenvalue weighted by atomic mass is 16.5. The first-order valence-corrected chi connectivity index (χ1v) is 11.3. The summed E-state index contributed by atoms with van der Waals surface area (Å²) in [7, 11) is 1.63. The van der Waals surface area contributed by atoms with Gasteiger partial charge in [-0.1, -0.05) is 43.3 Å². The summed E-state index contributed by atoms with van der Waals surface area (Å²) in [5, 5.41) is 20.6. The smallest absolute Gasteiger partial charge is 0.163 e. The van der Waals surface area contributed by atoms with Crippen molar-refractivity contribution in [1.82, 2.24) is 4.90 Å². The van der Waals surface area contributed by atoms with Crippen molar-refractivity contribution in [1.29, 1.82) is 0 Å². The number of hydrogen-bond donors (Lipinski definition) is 2. The molecule has 32 heavy (non-hydrogen) atoms. The van der Waals surface area contributed by atoms with Crippen molar-refractivity contribution in [2.45, 2.75) is 44.4 Å². The summed E-state index contributed by atoms with van der Waals surface area (Å²) in [6.07, 6.45) is -0.128. The van der Waals surface area contributed by atoms with Gasteiger partial charge in [-0.2, -0.15) is 0 Å². The van der Waals surface area contributed by atoms with E-state index in [4.69, 9.17) is 9.47 Å². The van der Waals surface area contributed by atoms with Crippen molar-refractivity contribution in [3.05, 3.63) is 59.7 Å². The van der Waals surface area contributed by atoms with Gasteiger partial charge in [0.05, 0.1) is 19.8 Å². The molecular weight excluding hydrogens is 406 g/mol. The third-order valence-corrected chi connectivity index (χ3v) is 7.40. The molecule has 6 heteroatoms. The predicted molar refractivity (Wildman–Crippen MR) is 122 cm³/mol. The number of carbonyl (C=O) groups is 1. The molecule has 1 aliphatic heterocycles. The predicted octanol–water partition coefficient (Wildman–Crippen LogP) is 3.18. The van der Waals surface area contributed by atoms with E-state index in [0.29, 0.717) is 49.3 Å². The van der Waals surface area contributed by atoms with Crippen molar-refractivity contribution >= 4 is 6.29 Å². The third-order valence-electron chi connectivity index (χ3n) is 7.40. The number of ether oxygens (including phenoxy) is 2. The van der Waals surface area contributed by atoms with Crippen LogP contribution < -0.4 is 9.47 Å². The highest BCUT2D eigenvalue weighted by Gasteiger charge is 2.48. The molecule has 1 saturated carbocycles. The molecule has 172 valence electrons. The molecule has 1 unspecified atom stereocenters. The lowest BCUT2D eigenvalue weighted by atomic mass is 9.72. The zero-order valence-corrected chi connectivity index (χ0v) is 19.0. The molecule has 1 aliphatic carbocycles. The number of methoxy groups -OCH3 is 1. The van der Waals surface area contributed by atoms with Crippen molar-refractivity contribution in [2.24, 2.45) is 11.3 Å². The van der Waals surface area contributed by atoms with Crippen molar-refractivity contribution in [2.75, 3.05) is 26.8 Å². The van der Waals surface area contributed by atoms with Gasteiger partial charge >= 0.3 is 0 Å². The Kier molecular flexibility index (Phi) is 6.56. The van der Waals surface area contributed by atoms with Crippen LogP contribution in [0.5, 0.6) is 11.5 Å². The minimum absolute atomic E-state index is 0.0663. The number of nitrogens with zero attached hydrogens (tertiary/aromatic N) is 1. The van der Waals surface area contributed by atoms with Gasteiger partial charge in [-0.15, -0.1) is 0 Å². The molecule has 1 saturated heterocycles. The maximum absolute atomic E-state index is 11.1. The van der Waals surface area contributed by atoms with Crippen LogP contribution in [-0.4, -0.2) is 60.5 Å². The van der Waals surface area contributed by atoms with Crippen LogP contribution in [0.2, 0.25) is 0 Å². The third kappa shape index (κ3) is 4.40. The number of aliphatic hydroxyl groups is 2. The van der Waals surface area contributed by atoms with Gasteiger partial charge in [0, 0.05) is 30.3 Å². The van der Waals surface area contributed by atoms with Gasteiger partial charge in [0.2, 0.25) is 0 Å². The lowest BCUT2D eigenvalue weighted by molar-refractivity contribution is -0.123. The van der Waals surface area contributed by atoms with Crippen LogP contribution in [0.25, 0.3) is 0 Å². The summed E-state index contributed by atoms with van der Waals surface area (Å²) < 4.78 is 11.8. The van der Waals surface area contributed by atoms with Crippen molar-refractivity contribution in [3.63, 3.8) is 0 Å². The molecule has 6 atom stereocenters. The summed E-state index contributed by atoms with van der Waals surface area (Å²) in [5.41, 5.74) is 1.85. The van der Waals surface area contributed by atoms with Gasteiger partial charge < -0.3 is 19.7 Å². The molecule has 0 amide bonds. The molecule has 2 N–H and O–H groups in total. The van der Waals surface area contributed by atoms with E-state index >= 15 is 0 Å². The first kappa shape index (κ1) is 22.8. The Morgan fingerprint density at radius 1 is 1.16 bits per heavy atom. The van der Waals surface area contributed by atoms with Crippen LogP contribution in [-0.2, 0) is 4.79 Å². The van der Waals surface area contributed by atoms with Gasteiger partial charge in [-0.05, 0) is 42.5 Å². The number of rotatable bonds is 9. The SMILES string of the molecule is COc1ccc([C@@H]2CN(C(O)C=O)C[C@@]2(C)[C@@H](C)O)cc1OC[C@@H]1C[C@H]1c1ccccc1. The fourth-order valence-corrected chi connectivity index (χ4v) is 5.01. The first-order valence-electron chi connectivity index (χ1n) is 11.3. The van der Waals surface area contributed by atoms with E-state index in [1.807, 2.05) is 31.2 Å². The molecule has 0 bridgehead atoms. The quantitative estimate of drug-likeness (QED) is 0.585. The van der Waals surface area contributed by atoms with Crippen molar-refractivity contribution < 1.29 is 24.5 Å². The van der Waals surface area contributed by atoms with Gasteiger partial charge in [-0.3, -0.25) is 9.69 Å². The number of likely N-dealkylation sites (tertiary alicyclic amines) is 1. The summed E-state index contributed by atoms with van der Waals surface area (Å²) >= 11 is 0. The molecule has 6 nitrogen and oxygen atoms in total. The molecule has 2 aromatic rings. The number of carbonyl (C=O) groups excluding carboxylic acids is 1. The Labute approximate surface area is 189 Å². The van der Waals surface area contributed by atoms with E-state index < -0.39 is 17.7 Å². The molecule has 0 radical (unpaired) electrons. The van der Waals surface area contributed by atoms with Crippen molar-refractivity contribution in [3.8, 4) is 11.5 Å². The molecule has 1 heterocycles. The van der Waals surface area contributed by atoms with E-state index in [1.165, 1.54) is 5.56 Å². The summed E-state index contributed by atoms with van der Waals surface area (Å²) in [6.45, 7) is 5.29. The number of benzene rings is 2. The van der Waals surface area contributed by atoms with Gasteiger partial charge in [0.1, 0.15) is 0 Å². The zero-order chi connectivity index (χ0) is 22.9. The van der Waals surface area contributed by atoms with Crippen LogP contribution in [0.4, 0.5) is 0 Å². The highest BCUT2D eigenvalue weighted by molar-refractivity contribution is 5.55. The monoisotopic (exact) mass is 439 g/mol. The Hall–Kier alpha value is -2.41. The fraction of sp³-hybridized carbons (Fsp3) is 0.500. The highest BCUT2D eigenvalue weighted by Crippen LogP contribution is 2.49. The summed E-state index contributed by atoms with van der Waals surface area (Å²) in [4.78, 5) is 12.9. The van der Waals surface area contributed by atoms with Gasteiger partial charge in [0.25, 0.3) is 0 Å². The van der Waals surface area contributed by atoms with Gasteiger partial charge in [0.15, 0.2) is 24.0 Å². The summed E-state index contributed by atoms with van der Waals surface area (Å²) in [5.74, 6) is 2.32. The van der Waals surface area contributed by atoms with Crippen LogP contribution >= 0.6 is 0 Å². The topological polar surface area (TPSA) is 79.2 Å².